The van der Waals surface area contributed by atoms with Crippen LogP contribution in [0, 0.1) is 10.1 Å². The molecular weight excluding hydrogens is 372 g/mol. The Labute approximate surface area is 168 Å². The number of carbonyl (C=O) groups is 1. The fraction of sp³-hybridized carbons (Fsp3) is 0.250. The lowest BCUT2D eigenvalue weighted by Gasteiger charge is -2.22. The summed E-state index contributed by atoms with van der Waals surface area (Å²) in [7, 11) is 3.93. The fourth-order valence-corrected chi connectivity index (χ4v) is 2.96. The summed E-state index contributed by atoms with van der Waals surface area (Å²) in [5.74, 6) is -0.266. The number of amides is 1. The zero-order valence-electron chi connectivity index (χ0n) is 16.5. The molecule has 3 rings (SSSR count). The highest BCUT2D eigenvalue weighted by atomic mass is 16.6. The van der Waals surface area contributed by atoms with Gasteiger partial charge < -0.3 is 9.80 Å². The Morgan fingerprint density at radius 1 is 1.17 bits per heavy atom. The molecule has 2 aromatic carbocycles. The van der Waals surface area contributed by atoms with Crippen LogP contribution in [0.2, 0.25) is 0 Å². The van der Waals surface area contributed by atoms with Crippen molar-refractivity contribution in [2.75, 3.05) is 25.5 Å². The molecule has 3 aromatic rings. The Morgan fingerprint density at radius 3 is 2.45 bits per heavy atom. The highest BCUT2D eigenvalue weighted by Crippen LogP contribution is 2.24. The van der Waals surface area contributed by atoms with E-state index in [9.17, 15) is 14.9 Å². The largest absolute Gasteiger partial charge is 0.378 e. The van der Waals surface area contributed by atoms with E-state index in [1.54, 1.807) is 11.0 Å². The van der Waals surface area contributed by atoms with Gasteiger partial charge >= 0.3 is 0 Å². The van der Waals surface area contributed by atoms with Crippen molar-refractivity contribution < 1.29 is 9.72 Å². The Bertz CT molecular complexity index is 1000. The van der Waals surface area contributed by atoms with E-state index < -0.39 is 4.92 Å². The van der Waals surface area contributed by atoms with Gasteiger partial charge in [-0.15, -0.1) is 0 Å². The predicted octanol–water partition coefficient (Wildman–Crippen LogP) is 2.90. The zero-order valence-corrected chi connectivity index (χ0v) is 16.5. The molecule has 0 aliphatic carbocycles. The number of hydrogen-bond donors (Lipinski definition) is 0. The number of benzene rings is 2. The van der Waals surface area contributed by atoms with Crippen molar-refractivity contribution in [3.05, 3.63) is 76.4 Å². The quantitative estimate of drug-likeness (QED) is 0.451. The Morgan fingerprint density at radius 2 is 1.90 bits per heavy atom. The number of nitro benzene ring substituents is 1. The van der Waals surface area contributed by atoms with Gasteiger partial charge in [0, 0.05) is 44.5 Å². The van der Waals surface area contributed by atoms with E-state index in [0.29, 0.717) is 13.1 Å². The number of carbonyl (C=O) groups excluding carboxylic acids is 1. The number of anilines is 1. The van der Waals surface area contributed by atoms with Gasteiger partial charge in [-0.3, -0.25) is 14.9 Å². The Balaban J connectivity index is 1.85. The van der Waals surface area contributed by atoms with Crippen molar-refractivity contribution in [3.8, 4) is 5.69 Å². The van der Waals surface area contributed by atoms with E-state index in [1.807, 2.05) is 50.2 Å². The van der Waals surface area contributed by atoms with Crippen molar-refractivity contribution in [1.82, 2.24) is 19.7 Å². The minimum absolute atomic E-state index is 0.201. The van der Waals surface area contributed by atoms with Gasteiger partial charge in [0.25, 0.3) is 11.6 Å². The molecule has 0 saturated heterocycles. The van der Waals surface area contributed by atoms with Crippen LogP contribution in [0.25, 0.3) is 5.69 Å². The summed E-state index contributed by atoms with van der Waals surface area (Å²) >= 11 is 0. The average molecular weight is 394 g/mol. The molecule has 29 heavy (non-hydrogen) atoms. The van der Waals surface area contributed by atoms with Crippen molar-refractivity contribution in [1.29, 1.82) is 0 Å². The molecule has 0 aliphatic rings. The van der Waals surface area contributed by atoms with E-state index in [4.69, 9.17) is 0 Å². The summed E-state index contributed by atoms with van der Waals surface area (Å²) in [5, 5.41) is 15.5. The van der Waals surface area contributed by atoms with Gasteiger partial charge in [0.1, 0.15) is 18.3 Å². The van der Waals surface area contributed by atoms with Gasteiger partial charge in [-0.25, -0.2) is 9.67 Å². The molecule has 0 atom stereocenters. The van der Waals surface area contributed by atoms with Crippen LogP contribution in [0.3, 0.4) is 0 Å². The SMILES string of the molecule is CCN(Cc1ccc(N(C)C)cc1)C(=O)c1ccc(-n2cncn2)c([N+](=O)[O-])c1. The number of aromatic nitrogens is 3. The third kappa shape index (κ3) is 4.40. The number of nitro groups is 1. The molecule has 0 aliphatic heterocycles. The van der Waals surface area contributed by atoms with Crippen LogP contribution in [0.5, 0.6) is 0 Å². The molecule has 150 valence electrons. The predicted molar refractivity (Wildman–Crippen MR) is 109 cm³/mol. The Hall–Kier alpha value is -3.75. The van der Waals surface area contributed by atoms with Crippen LogP contribution in [-0.2, 0) is 6.54 Å². The minimum atomic E-state index is -0.524. The van der Waals surface area contributed by atoms with E-state index >= 15 is 0 Å². The fourth-order valence-electron chi connectivity index (χ4n) is 2.96. The van der Waals surface area contributed by atoms with Crippen LogP contribution < -0.4 is 4.90 Å². The smallest absolute Gasteiger partial charge is 0.295 e. The topological polar surface area (TPSA) is 97.4 Å². The lowest BCUT2D eigenvalue weighted by atomic mass is 10.1. The van der Waals surface area contributed by atoms with E-state index in [2.05, 4.69) is 10.1 Å². The lowest BCUT2D eigenvalue weighted by molar-refractivity contribution is -0.384. The second kappa shape index (κ2) is 8.51. The number of rotatable bonds is 7. The third-order valence-corrected chi connectivity index (χ3v) is 4.58. The monoisotopic (exact) mass is 394 g/mol. The maximum Gasteiger partial charge on any atom is 0.295 e. The molecule has 0 bridgehead atoms. The van der Waals surface area contributed by atoms with Gasteiger partial charge in [0.15, 0.2) is 0 Å². The number of hydrogen-bond acceptors (Lipinski definition) is 6. The second-order valence-electron chi connectivity index (χ2n) is 6.68. The molecule has 1 amide bonds. The second-order valence-corrected chi connectivity index (χ2v) is 6.68. The average Bonchev–Trinajstić information content (AvgIpc) is 3.26. The van der Waals surface area contributed by atoms with Gasteiger partial charge in [0.05, 0.1) is 4.92 Å². The van der Waals surface area contributed by atoms with Crippen LogP contribution >= 0.6 is 0 Å². The summed E-state index contributed by atoms with van der Waals surface area (Å²) in [6, 6.07) is 12.3. The summed E-state index contributed by atoms with van der Waals surface area (Å²) in [6.45, 7) is 2.78. The van der Waals surface area contributed by atoms with Crippen LogP contribution in [0.4, 0.5) is 11.4 Å². The summed E-state index contributed by atoms with van der Waals surface area (Å²) in [5.41, 5.74) is 2.37. The highest BCUT2D eigenvalue weighted by Gasteiger charge is 2.22. The van der Waals surface area contributed by atoms with Crippen molar-refractivity contribution >= 4 is 17.3 Å². The molecule has 1 aromatic heterocycles. The van der Waals surface area contributed by atoms with Crippen molar-refractivity contribution in [3.63, 3.8) is 0 Å². The van der Waals surface area contributed by atoms with Gasteiger partial charge in [-0.05, 0) is 36.8 Å². The summed E-state index contributed by atoms with van der Waals surface area (Å²) in [4.78, 5) is 31.5. The van der Waals surface area contributed by atoms with Crippen LogP contribution in [-0.4, -0.2) is 51.1 Å². The van der Waals surface area contributed by atoms with Crippen LogP contribution in [0.1, 0.15) is 22.8 Å². The van der Waals surface area contributed by atoms with Gasteiger partial charge in [0.2, 0.25) is 0 Å². The molecule has 0 fully saturated rings. The van der Waals surface area contributed by atoms with Gasteiger partial charge in [-0.1, -0.05) is 12.1 Å². The zero-order chi connectivity index (χ0) is 21.0. The van der Waals surface area contributed by atoms with Gasteiger partial charge in [-0.2, -0.15) is 5.10 Å². The van der Waals surface area contributed by atoms with E-state index in [-0.39, 0.29) is 22.8 Å². The first-order chi connectivity index (χ1) is 13.9. The van der Waals surface area contributed by atoms with Crippen molar-refractivity contribution in [2.45, 2.75) is 13.5 Å². The maximum atomic E-state index is 13.0. The maximum absolute atomic E-state index is 13.0. The normalized spacial score (nSPS) is 10.6. The molecule has 0 unspecified atom stereocenters. The molecule has 9 heteroatoms. The molecule has 0 spiro atoms. The third-order valence-electron chi connectivity index (χ3n) is 4.58. The molecule has 0 radical (unpaired) electrons. The first-order valence-electron chi connectivity index (χ1n) is 9.09. The first kappa shape index (κ1) is 20.0. The minimum Gasteiger partial charge on any atom is -0.378 e. The summed E-state index contributed by atoms with van der Waals surface area (Å²) < 4.78 is 1.30. The molecule has 1 heterocycles. The highest BCUT2D eigenvalue weighted by molar-refractivity contribution is 5.95. The Kier molecular flexibility index (Phi) is 5.87. The lowest BCUT2D eigenvalue weighted by Crippen LogP contribution is -2.30. The van der Waals surface area contributed by atoms with Crippen molar-refractivity contribution in [2.24, 2.45) is 0 Å². The summed E-state index contributed by atoms with van der Waals surface area (Å²) in [6.07, 6.45) is 2.67. The first-order valence-corrected chi connectivity index (χ1v) is 9.09. The molecule has 0 saturated carbocycles. The standard InChI is InChI=1S/C20H22N6O3/c1-4-24(12-15-5-8-17(9-6-15)23(2)3)20(27)16-7-10-18(19(11-16)26(28)29)25-14-21-13-22-25/h5-11,13-14H,4,12H2,1-3H3. The molecule has 0 N–H and O–H groups in total. The van der Waals surface area contributed by atoms with E-state index in [1.165, 1.54) is 29.5 Å². The van der Waals surface area contributed by atoms with E-state index in [0.717, 1.165) is 11.3 Å². The molecular formula is C20H22N6O3. The number of nitrogens with zero attached hydrogens (tertiary/aromatic N) is 6. The van der Waals surface area contributed by atoms with Crippen LogP contribution in [0.15, 0.2) is 55.1 Å². The molecule has 9 nitrogen and oxygen atoms in total.